The summed E-state index contributed by atoms with van der Waals surface area (Å²) in [5, 5.41) is 0. The van der Waals surface area contributed by atoms with E-state index in [-0.39, 0.29) is 5.56 Å². The van der Waals surface area contributed by atoms with E-state index in [1.54, 1.807) is 6.07 Å². The van der Waals surface area contributed by atoms with Gasteiger partial charge in [0, 0.05) is 18.8 Å². The van der Waals surface area contributed by atoms with Gasteiger partial charge >= 0.3 is 0 Å². The number of hydrogen-bond acceptors (Lipinski definition) is 3. The summed E-state index contributed by atoms with van der Waals surface area (Å²) in [4.78, 5) is 20.1. The summed E-state index contributed by atoms with van der Waals surface area (Å²) >= 11 is 0. The molecule has 1 N–H and O–H groups in total. The summed E-state index contributed by atoms with van der Waals surface area (Å²) < 4.78 is 0. The van der Waals surface area contributed by atoms with Crippen LogP contribution in [0.25, 0.3) is 0 Å². The molecule has 0 radical (unpaired) electrons. The number of aliphatic imine (C=N–C) groups is 1. The molecule has 2 rings (SSSR count). The van der Waals surface area contributed by atoms with E-state index in [4.69, 9.17) is 0 Å². The van der Waals surface area contributed by atoms with Crippen LogP contribution in [0.2, 0.25) is 0 Å². The monoisotopic (exact) mass is 191 g/mol. The third-order valence-electron chi connectivity index (χ3n) is 2.23. The van der Waals surface area contributed by atoms with Gasteiger partial charge in [0.25, 0.3) is 0 Å². The summed E-state index contributed by atoms with van der Waals surface area (Å²) in [6.45, 7) is 3.95. The molecule has 0 fully saturated rings. The van der Waals surface area contributed by atoms with Crippen molar-refractivity contribution in [3.05, 3.63) is 22.5 Å². The molecular weight excluding hydrogens is 178 g/mol. The van der Waals surface area contributed by atoms with Crippen LogP contribution in [-0.2, 0) is 0 Å². The Morgan fingerprint density at radius 2 is 2.43 bits per heavy atom. The second-order valence-electron chi connectivity index (χ2n) is 3.31. The maximum atomic E-state index is 11.1. The zero-order valence-electron chi connectivity index (χ0n) is 8.16. The van der Waals surface area contributed by atoms with Crippen LogP contribution in [0.15, 0.2) is 21.9 Å². The van der Waals surface area contributed by atoms with Crippen LogP contribution in [0.4, 0.5) is 11.5 Å². The van der Waals surface area contributed by atoms with Crippen LogP contribution in [0.5, 0.6) is 0 Å². The average molecular weight is 191 g/mol. The van der Waals surface area contributed by atoms with Crippen molar-refractivity contribution in [2.75, 3.05) is 18.0 Å². The first-order chi connectivity index (χ1) is 6.81. The molecule has 0 amide bonds. The predicted octanol–water partition coefficient (Wildman–Crippen LogP) is 1.31. The van der Waals surface area contributed by atoms with E-state index in [0.717, 1.165) is 25.2 Å². The molecule has 74 valence electrons. The lowest BCUT2D eigenvalue weighted by Crippen LogP contribution is -2.29. The zero-order valence-corrected chi connectivity index (χ0v) is 8.16. The number of pyridine rings is 1. The maximum absolute atomic E-state index is 11.1. The minimum absolute atomic E-state index is 0.0979. The Morgan fingerprint density at radius 3 is 3.21 bits per heavy atom. The van der Waals surface area contributed by atoms with Crippen molar-refractivity contribution >= 4 is 17.7 Å². The van der Waals surface area contributed by atoms with E-state index in [9.17, 15) is 4.79 Å². The summed E-state index contributed by atoms with van der Waals surface area (Å²) in [6.07, 6.45) is 2.92. The van der Waals surface area contributed by atoms with Gasteiger partial charge in [-0.1, -0.05) is 6.92 Å². The van der Waals surface area contributed by atoms with Crippen LogP contribution in [0, 0.1) is 0 Å². The van der Waals surface area contributed by atoms with Crippen LogP contribution < -0.4 is 10.5 Å². The zero-order chi connectivity index (χ0) is 9.97. The summed E-state index contributed by atoms with van der Waals surface area (Å²) in [5.41, 5.74) is 0.924. The lowest BCUT2D eigenvalue weighted by atomic mass is 10.3. The Morgan fingerprint density at radius 1 is 1.57 bits per heavy atom. The first-order valence-electron chi connectivity index (χ1n) is 4.82. The second-order valence-corrected chi connectivity index (χ2v) is 3.31. The van der Waals surface area contributed by atoms with E-state index < -0.39 is 0 Å². The SMILES string of the molecule is CCCN1CC=Nc2[nH]c(=O)ccc21. The summed E-state index contributed by atoms with van der Waals surface area (Å²) in [6, 6.07) is 3.38. The Balaban J connectivity index is 2.40. The van der Waals surface area contributed by atoms with Crippen LogP contribution in [-0.4, -0.2) is 24.3 Å². The molecular formula is C10H13N3O. The van der Waals surface area contributed by atoms with Crippen LogP contribution in [0.1, 0.15) is 13.3 Å². The Labute approximate surface area is 82.3 Å². The van der Waals surface area contributed by atoms with Gasteiger partial charge in [0.05, 0.1) is 12.2 Å². The first kappa shape index (κ1) is 8.99. The molecule has 0 atom stereocenters. The van der Waals surface area contributed by atoms with Gasteiger partial charge in [-0.05, 0) is 12.5 Å². The third-order valence-corrected chi connectivity index (χ3v) is 2.23. The number of fused-ring (bicyclic) bond motifs is 1. The van der Waals surface area contributed by atoms with Crippen LogP contribution >= 0.6 is 0 Å². The average Bonchev–Trinajstić information content (AvgIpc) is 2.18. The molecule has 0 unspecified atom stereocenters. The molecule has 2 heterocycles. The van der Waals surface area contributed by atoms with Gasteiger partial charge in [-0.2, -0.15) is 0 Å². The standard InChI is InChI=1S/C10H13N3O/c1-2-6-13-7-5-11-10-8(13)3-4-9(14)12-10/h3-5H,2,6-7H2,1H3,(H,12,14). The fraction of sp³-hybridized carbons (Fsp3) is 0.400. The normalized spacial score (nSPS) is 14.2. The molecule has 14 heavy (non-hydrogen) atoms. The smallest absolute Gasteiger partial charge is 0.249 e. The molecule has 0 bridgehead atoms. The second kappa shape index (κ2) is 3.65. The van der Waals surface area contributed by atoms with Gasteiger partial charge < -0.3 is 9.88 Å². The lowest BCUT2D eigenvalue weighted by molar-refractivity contribution is 0.821. The fourth-order valence-electron chi connectivity index (χ4n) is 1.62. The molecule has 1 aliphatic rings. The maximum Gasteiger partial charge on any atom is 0.249 e. The Kier molecular flexibility index (Phi) is 2.35. The molecule has 4 heteroatoms. The summed E-state index contributed by atoms with van der Waals surface area (Å²) in [5.74, 6) is 0.678. The lowest BCUT2D eigenvalue weighted by Gasteiger charge is -2.26. The van der Waals surface area contributed by atoms with E-state index in [0.29, 0.717) is 5.82 Å². The van der Waals surface area contributed by atoms with Crippen molar-refractivity contribution in [3.63, 3.8) is 0 Å². The van der Waals surface area contributed by atoms with Gasteiger partial charge in [0.2, 0.25) is 5.56 Å². The molecule has 0 saturated heterocycles. The topological polar surface area (TPSA) is 48.5 Å². The largest absolute Gasteiger partial charge is 0.363 e. The number of aromatic nitrogens is 1. The van der Waals surface area contributed by atoms with Gasteiger partial charge in [-0.15, -0.1) is 0 Å². The van der Waals surface area contributed by atoms with Crippen molar-refractivity contribution in [3.8, 4) is 0 Å². The minimum Gasteiger partial charge on any atom is -0.363 e. The number of hydrogen-bond donors (Lipinski definition) is 1. The highest BCUT2D eigenvalue weighted by atomic mass is 16.1. The van der Waals surface area contributed by atoms with Crippen LogP contribution in [0.3, 0.4) is 0 Å². The minimum atomic E-state index is -0.0979. The van der Waals surface area contributed by atoms with Crippen molar-refractivity contribution < 1.29 is 0 Å². The van der Waals surface area contributed by atoms with E-state index >= 15 is 0 Å². The molecule has 0 aliphatic carbocycles. The number of anilines is 1. The highest BCUT2D eigenvalue weighted by Gasteiger charge is 2.13. The third kappa shape index (κ3) is 1.55. The van der Waals surface area contributed by atoms with E-state index in [2.05, 4.69) is 21.8 Å². The van der Waals surface area contributed by atoms with E-state index in [1.165, 1.54) is 0 Å². The molecule has 1 aromatic heterocycles. The number of nitrogens with one attached hydrogen (secondary N) is 1. The van der Waals surface area contributed by atoms with E-state index in [1.807, 2.05) is 12.3 Å². The van der Waals surface area contributed by atoms with Crippen molar-refractivity contribution in [2.45, 2.75) is 13.3 Å². The van der Waals surface area contributed by atoms with Crippen molar-refractivity contribution in [2.24, 2.45) is 4.99 Å². The number of H-pyrrole nitrogens is 1. The fourth-order valence-corrected chi connectivity index (χ4v) is 1.62. The molecule has 0 spiro atoms. The van der Waals surface area contributed by atoms with Gasteiger partial charge in [0.1, 0.15) is 0 Å². The van der Waals surface area contributed by atoms with Gasteiger partial charge in [0.15, 0.2) is 5.82 Å². The Bertz CT molecular complexity index is 408. The van der Waals surface area contributed by atoms with Gasteiger partial charge in [-0.25, -0.2) is 4.99 Å². The number of rotatable bonds is 2. The highest BCUT2D eigenvalue weighted by molar-refractivity contribution is 5.79. The highest BCUT2D eigenvalue weighted by Crippen LogP contribution is 2.26. The first-order valence-corrected chi connectivity index (χ1v) is 4.82. The predicted molar refractivity (Wildman–Crippen MR) is 57.7 cm³/mol. The molecule has 0 saturated carbocycles. The quantitative estimate of drug-likeness (QED) is 0.766. The van der Waals surface area contributed by atoms with Crippen molar-refractivity contribution in [1.29, 1.82) is 0 Å². The number of aromatic amines is 1. The summed E-state index contributed by atoms with van der Waals surface area (Å²) in [7, 11) is 0. The number of nitrogens with zero attached hydrogens (tertiary/aromatic N) is 2. The molecule has 4 nitrogen and oxygen atoms in total. The van der Waals surface area contributed by atoms with Crippen molar-refractivity contribution in [1.82, 2.24) is 4.98 Å². The molecule has 0 aromatic carbocycles. The molecule has 1 aromatic rings. The Hall–Kier alpha value is -1.58. The molecule has 1 aliphatic heterocycles. The van der Waals surface area contributed by atoms with Gasteiger partial charge in [-0.3, -0.25) is 4.79 Å².